The molecule has 0 bridgehead atoms. The minimum absolute atomic E-state index is 0.0193. The van der Waals surface area contributed by atoms with E-state index in [4.69, 9.17) is 9.47 Å². The summed E-state index contributed by atoms with van der Waals surface area (Å²) < 4.78 is 36.6. The first-order chi connectivity index (χ1) is 12.8. The Kier molecular flexibility index (Phi) is 7.76. The first-order valence-corrected chi connectivity index (χ1v) is 10.4. The molecular weight excluding hydrogens is 372 g/mol. The third kappa shape index (κ3) is 6.02. The highest BCUT2D eigenvalue weighted by Crippen LogP contribution is 2.18. The molecule has 1 N–H and O–H groups in total. The van der Waals surface area contributed by atoms with E-state index in [1.54, 1.807) is 0 Å². The van der Waals surface area contributed by atoms with E-state index in [0.29, 0.717) is 26.3 Å². The average molecular weight is 398 g/mol. The third-order valence-electron chi connectivity index (χ3n) is 4.16. The SMILES string of the molecule is CCCC(C)NC(=O)COC(=O)c1ccc(S(=O)(=O)N2CCOCC2)cc1. The van der Waals surface area contributed by atoms with Crippen LogP contribution in [0.25, 0.3) is 0 Å². The van der Waals surface area contributed by atoms with Crippen molar-refractivity contribution in [1.29, 1.82) is 0 Å². The standard InChI is InChI=1S/C18H26N2O6S/c1-3-4-14(2)19-17(21)13-26-18(22)15-5-7-16(8-6-15)27(23,24)20-9-11-25-12-10-20/h5-8,14H,3-4,9-13H2,1-2H3,(H,19,21). The zero-order valence-electron chi connectivity index (χ0n) is 15.6. The highest BCUT2D eigenvalue weighted by atomic mass is 32.2. The number of sulfonamides is 1. The van der Waals surface area contributed by atoms with Gasteiger partial charge in [0, 0.05) is 19.1 Å². The lowest BCUT2D eigenvalue weighted by molar-refractivity contribution is -0.124. The molecule has 1 heterocycles. The Balaban J connectivity index is 1.92. The van der Waals surface area contributed by atoms with Crippen LogP contribution in [0.1, 0.15) is 37.0 Å². The summed E-state index contributed by atoms with van der Waals surface area (Å²) in [4.78, 5) is 23.9. The van der Waals surface area contributed by atoms with Crippen molar-refractivity contribution in [3.63, 3.8) is 0 Å². The second-order valence-electron chi connectivity index (χ2n) is 6.37. The Labute approximate surface area is 159 Å². The molecule has 2 rings (SSSR count). The molecule has 1 fully saturated rings. The van der Waals surface area contributed by atoms with Gasteiger partial charge in [-0.2, -0.15) is 4.31 Å². The van der Waals surface area contributed by atoms with Crippen molar-refractivity contribution in [3.05, 3.63) is 29.8 Å². The Morgan fingerprint density at radius 2 is 1.85 bits per heavy atom. The lowest BCUT2D eigenvalue weighted by Crippen LogP contribution is -2.40. The van der Waals surface area contributed by atoms with Crippen LogP contribution < -0.4 is 5.32 Å². The molecule has 1 aromatic carbocycles. The quantitative estimate of drug-likeness (QED) is 0.660. The van der Waals surface area contributed by atoms with E-state index < -0.39 is 16.0 Å². The van der Waals surface area contributed by atoms with Crippen LogP contribution in [-0.4, -0.2) is 63.6 Å². The summed E-state index contributed by atoms with van der Waals surface area (Å²) in [6, 6.07) is 5.52. The molecular formula is C18H26N2O6S. The molecule has 8 nitrogen and oxygen atoms in total. The molecule has 0 spiro atoms. The Hall–Kier alpha value is -1.97. The molecule has 0 saturated carbocycles. The number of rotatable bonds is 8. The molecule has 1 aromatic rings. The molecule has 1 atom stereocenters. The van der Waals surface area contributed by atoms with Crippen LogP contribution in [0.3, 0.4) is 0 Å². The maximum atomic E-state index is 12.5. The minimum Gasteiger partial charge on any atom is -0.452 e. The lowest BCUT2D eigenvalue weighted by atomic mass is 10.2. The van der Waals surface area contributed by atoms with E-state index in [1.165, 1.54) is 28.6 Å². The van der Waals surface area contributed by atoms with Crippen LogP contribution in [0.4, 0.5) is 0 Å². The molecule has 1 aliphatic rings. The smallest absolute Gasteiger partial charge is 0.338 e. The Bertz CT molecular complexity index is 742. The number of morpholine rings is 1. The van der Waals surface area contributed by atoms with Gasteiger partial charge >= 0.3 is 5.97 Å². The number of hydrogen-bond acceptors (Lipinski definition) is 6. The summed E-state index contributed by atoms with van der Waals surface area (Å²) >= 11 is 0. The maximum absolute atomic E-state index is 12.5. The molecule has 0 aliphatic carbocycles. The van der Waals surface area contributed by atoms with E-state index in [-0.39, 0.29) is 29.0 Å². The molecule has 1 unspecified atom stereocenters. The van der Waals surface area contributed by atoms with Crippen molar-refractivity contribution >= 4 is 21.9 Å². The van der Waals surface area contributed by atoms with E-state index in [0.717, 1.165) is 12.8 Å². The second-order valence-corrected chi connectivity index (χ2v) is 8.31. The van der Waals surface area contributed by atoms with Gasteiger partial charge in [0.15, 0.2) is 6.61 Å². The van der Waals surface area contributed by atoms with Gasteiger partial charge in [-0.15, -0.1) is 0 Å². The lowest BCUT2D eigenvalue weighted by Gasteiger charge is -2.26. The second kappa shape index (κ2) is 9.82. The van der Waals surface area contributed by atoms with Crippen LogP contribution in [0.5, 0.6) is 0 Å². The monoisotopic (exact) mass is 398 g/mol. The summed E-state index contributed by atoms with van der Waals surface area (Å²) in [6.07, 6.45) is 1.79. The molecule has 1 saturated heterocycles. The summed E-state index contributed by atoms with van der Waals surface area (Å²) in [6.45, 7) is 4.86. The zero-order valence-corrected chi connectivity index (χ0v) is 16.5. The third-order valence-corrected chi connectivity index (χ3v) is 6.07. The fourth-order valence-corrected chi connectivity index (χ4v) is 4.14. The van der Waals surface area contributed by atoms with Crippen LogP contribution >= 0.6 is 0 Å². The predicted octanol–water partition coefficient (Wildman–Crippen LogP) is 1.17. The molecule has 1 amide bonds. The number of carbonyl (C=O) groups excluding carboxylic acids is 2. The summed E-state index contributed by atoms with van der Waals surface area (Å²) in [7, 11) is -3.61. The molecule has 0 radical (unpaired) electrons. The molecule has 1 aliphatic heterocycles. The molecule has 9 heteroatoms. The summed E-state index contributed by atoms with van der Waals surface area (Å²) in [5, 5.41) is 2.74. The predicted molar refractivity (Wildman–Crippen MR) is 98.8 cm³/mol. The van der Waals surface area contributed by atoms with Crippen molar-refractivity contribution < 1.29 is 27.5 Å². The highest BCUT2D eigenvalue weighted by Gasteiger charge is 2.26. The minimum atomic E-state index is -3.61. The van der Waals surface area contributed by atoms with Crippen molar-refractivity contribution in [2.75, 3.05) is 32.9 Å². The van der Waals surface area contributed by atoms with Gasteiger partial charge in [0.05, 0.1) is 23.7 Å². The normalized spacial score (nSPS) is 16.5. The zero-order chi connectivity index (χ0) is 19.9. The van der Waals surface area contributed by atoms with Crippen molar-refractivity contribution in [3.8, 4) is 0 Å². The van der Waals surface area contributed by atoms with Crippen molar-refractivity contribution in [1.82, 2.24) is 9.62 Å². The topological polar surface area (TPSA) is 102 Å². The highest BCUT2D eigenvalue weighted by molar-refractivity contribution is 7.89. The molecule has 150 valence electrons. The van der Waals surface area contributed by atoms with Crippen LogP contribution in [0.2, 0.25) is 0 Å². The first kappa shape index (κ1) is 21.3. The average Bonchev–Trinajstić information content (AvgIpc) is 2.67. The van der Waals surface area contributed by atoms with Gasteiger partial charge in [-0.3, -0.25) is 4.79 Å². The number of nitrogens with zero attached hydrogens (tertiary/aromatic N) is 1. The number of carbonyl (C=O) groups is 2. The van der Waals surface area contributed by atoms with Crippen LogP contribution in [0, 0.1) is 0 Å². The Morgan fingerprint density at radius 1 is 1.22 bits per heavy atom. The number of hydrogen-bond donors (Lipinski definition) is 1. The number of benzene rings is 1. The van der Waals surface area contributed by atoms with Gasteiger partial charge in [0.25, 0.3) is 5.91 Å². The largest absolute Gasteiger partial charge is 0.452 e. The van der Waals surface area contributed by atoms with Crippen LogP contribution in [0.15, 0.2) is 29.2 Å². The van der Waals surface area contributed by atoms with Gasteiger partial charge < -0.3 is 14.8 Å². The van der Waals surface area contributed by atoms with E-state index in [9.17, 15) is 18.0 Å². The summed E-state index contributed by atoms with van der Waals surface area (Å²) in [5.41, 5.74) is 0.185. The van der Waals surface area contributed by atoms with Crippen molar-refractivity contribution in [2.45, 2.75) is 37.6 Å². The van der Waals surface area contributed by atoms with E-state index in [1.807, 2.05) is 13.8 Å². The first-order valence-electron chi connectivity index (χ1n) is 8.99. The summed E-state index contributed by atoms with van der Waals surface area (Å²) in [5.74, 6) is -1.04. The number of amides is 1. The van der Waals surface area contributed by atoms with Gasteiger partial charge in [0.1, 0.15) is 0 Å². The fourth-order valence-electron chi connectivity index (χ4n) is 2.74. The van der Waals surface area contributed by atoms with Crippen LogP contribution in [-0.2, 0) is 24.3 Å². The number of ether oxygens (including phenoxy) is 2. The molecule has 0 aromatic heterocycles. The van der Waals surface area contributed by atoms with E-state index >= 15 is 0 Å². The number of esters is 1. The van der Waals surface area contributed by atoms with Gasteiger partial charge in [-0.25, -0.2) is 13.2 Å². The number of nitrogens with one attached hydrogen (secondary N) is 1. The molecule has 27 heavy (non-hydrogen) atoms. The van der Waals surface area contributed by atoms with Gasteiger partial charge in [-0.1, -0.05) is 13.3 Å². The van der Waals surface area contributed by atoms with Crippen molar-refractivity contribution in [2.24, 2.45) is 0 Å². The maximum Gasteiger partial charge on any atom is 0.338 e. The van der Waals surface area contributed by atoms with Gasteiger partial charge in [-0.05, 0) is 37.6 Å². The van der Waals surface area contributed by atoms with Gasteiger partial charge in [0.2, 0.25) is 10.0 Å². The Morgan fingerprint density at radius 3 is 2.44 bits per heavy atom. The van der Waals surface area contributed by atoms with E-state index in [2.05, 4.69) is 5.32 Å². The fraction of sp³-hybridized carbons (Fsp3) is 0.556.